The Bertz CT molecular complexity index is 1120. The second-order valence-corrected chi connectivity index (χ2v) is 8.97. The smallest absolute Gasteiger partial charge is 0.268 e. The summed E-state index contributed by atoms with van der Waals surface area (Å²) in [5, 5.41) is 14.3. The number of phenolic OH excluding ortho intramolecular Hbond substituents is 1. The van der Waals surface area contributed by atoms with Crippen LogP contribution < -0.4 is 10.1 Å². The van der Waals surface area contributed by atoms with Gasteiger partial charge in [-0.15, -0.1) is 11.3 Å². The van der Waals surface area contributed by atoms with Crippen molar-refractivity contribution in [3.05, 3.63) is 45.5 Å². The van der Waals surface area contributed by atoms with Gasteiger partial charge >= 0.3 is 0 Å². The zero-order valence-corrected chi connectivity index (χ0v) is 17.6. The molecule has 28 heavy (non-hydrogen) atoms. The molecule has 0 spiro atoms. The number of aryl methyl sites for hydroxylation is 1. The van der Waals surface area contributed by atoms with Crippen molar-refractivity contribution in [3.8, 4) is 11.5 Å². The minimum absolute atomic E-state index is 0.174. The van der Waals surface area contributed by atoms with Crippen molar-refractivity contribution >= 4 is 33.1 Å². The van der Waals surface area contributed by atoms with Crippen molar-refractivity contribution < 1.29 is 14.6 Å². The first-order chi connectivity index (χ1) is 13.2. The van der Waals surface area contributed by atoms with Crippen LogP contribution in [-0.2, 0) is 11.2 Å². The van der Waals surface area contributed by atoms with Crippen LogP contribution in [0.5, 0.6) is 11.5 Å². The highest BCUT2D eigenvalue weighted by molar-refractivity contribution is 7.18. The van der Waals surface area contributed by atoms with Gasteiger partial charge in [-0.1, -0.05) is 0 Å². The van der Waals surface area contributed by atoms with Crippen LogP contribution in [0, 0.1) is 27.7 Å². The first-order valence-corrected chi connectivity index (χ1v) is 10.2. The maximum Gasteiger partial charge on any atom is 0.268 e. The molecule has 0 saturated carbocycles. The Morgan fingerprint density at radius 2 is 1.96 bits per heavy atom. The third-order valence-electron chi connectivity index (χ3n) is 5.75. The van der Waals surface area contributed by atoms with Crippen LogP contribution in [0.25, 0.3) is 10.2 Å². The molecule has 1 atom stereocenters. The van der Waals surface area contributed by atoms with E-state index in [-0.39, 0.29) is 5.91 Å². The van der Waals surface area contributed by atoms with Gasteiger partial charge in [0.1, 0.15) is 11.5 Å². The monoisotopic (exact) mass is 396 g/mol. The Balaban J connectivity index is 1.63. The Morgan fingerprint density at radius 1 is 1.21 bits per heavy atom. The van der Waals surface area contributed by atoms with Crippen molar-refractivity contribution in [2.45, 2.75) is 53.1 Å². The molecule has 1 amide bonds. The zero-order chi connectivity index (χ0) is 20.2. The number of phenols is 1. The van der Waals surface area contributed by atoms with Crippen LogP contribution in [0.1, 0.15) is 40.6 Å². The fourth-order valence-electron chi connectivity index (χ4n) is 3.79. The molecule has 5 nitrogen and oxygen atoms in total. The number of aromatic hydroxyl groups is 1. The van der Waals surface area contributed by atoms with E-state index in [2.05, 4.69) is 10.3 Å². The fraction of sp³-hybridized carbons (Fsp3) is 0.364. The number of aromatic nitrogens is 1. The van der Waals surface area contributed by atoms with Crippen LogP contribution in [-0.4, -0.2) is 21.6 Å². The molecule has 146 valence electrons. The van der Waals surface area contributed by atoms with Crippen LogP contribution in [0.3, 0.4) is 0 Å². The second-order valence-electron chi connectivity index (χ2n) is 7.73. The molecular formula is C22H24N2O3S. The summed E-state index contributed by atoms with van der Waals surface area (Å²) in [5.74, 6) is 0.870. The summed E-state index contributed by atoms with van der Waals surface area (Å²) >= 11 is 1.64. The SMILES string of the molecule is Cc1nc2cc(NC(=O)C3(C)CCc4c(C)c(O)c(C)c(C)c4O3)ccc2s1. The quantitative estimate of drug-likeness (QED) is 0.642. The molecule has 2 aromatic carbocycles. The summed E-state index contributed by atoms with van der Waals surface area (Å²) in [4.78, 5) is 17.6. The number of hydrogen-bond donors (Lipinski definition) is 2. The van der Waals surface area contributed by atoms with E-state index in [1.54, 1.807) is 11.3 Å². The molecule has 2 N–H and O–H groups in total. The first-order valence-electron chi connectivity index (χ1n) is 9.39. The predicted molar refractivity (Wildman–Crippen MR) is 113 cm³/mol. The Hall–Kier alpha value is -2.60. The summed E-state index contributed by atoms with van der Waals surface area (Å²) in [5.41, 5.74) is 4.14. The summed E-state index contributed by atoms with van der Waals surface area (Å²) in [6.07, 6.45) is 1.23. The van der Waals surface area contributed by atoms with Gasteiger partial charge in [0.25, 0.3) is 5.91 Å². The lowest BCUT2D eigenvalue weighted by atomic mass is 9.86. The number of carbonyl (C=O) groups excluding carboxylic acids is 1. The highest BCUT2D eigenvalue weighted by atomic mass is 32.1. The van der Waals surface area contributed by atoms with E-state index in [1.165, 1.54) is 0 Å². The number of ether oxygens (including phenoxy) is 1. The number of anilines is 1. The first kappa shape index (κ1) is 18.7. The van der Waals surface area contributed by atoms with Gasteiger partial charge in [-0.3, -0.25) is 4.79 Å². The standard InChI is InChI=1S/C22H24N2O3S/c1-11-12(2)20-16(13(3)19(11)25)8-9-22(5,27-20)21(26)24-15-6-7-18-17(10-15)23-14(4)28-18/h6-7,10,25H,8-9H2,1-5H3,(H,24,26). The number of thiazole rings is 1. The van der Waals surface area contributed by atoms with E-state index in [4.69, 9.17) is 4.74 Å². The molecular weight excluding hydrogens is 372 g/mol. The van der Waals surface area contributed by atoms with E-state index in [9.17, 15) is 9.90 Å². The fourth-order valence-corrected chi connectivity index (χ4v) is 4.60. The molecule has 1 unspecified atom stereocenters. The highest BCUT2D eigenvalue weighted by Crippen LogP contribution is 2.43. The molecule has 0 aliphatic carbocycles. The van der Waals surface area contributed by atoms with E-state index in [0.29, 0.717) is 24.3 Å². The highest BCUT2D eigenvalue weighted by Gasteiger charge is 2.40. The minimum Gasteiger partial charge on any atom is -0.507 e. The van der Waals surface area contributed by atoms with E-state index < -0.39 is 5.60 Å². The van der Waals surface area contributed by atoms with Gasteiger partial charge in [0.15, 0.2) is 5.60 Å². The molecule has 0 bridgehead atoms. The Kier molecular flexibility index (Phi) is 4.34. The van der Waals surface area contributed by atoms with Gasteiger partial charge < -0.3 is 15.2 Å². The second kappa shape index (κ2) is 6.48. The number of nitrogens with zero attached hydrogens (tertiary/aromatic N) is 1. The molecule has 3 aromatic rings. The summed E-state index contributed by atoms with van der Waals surface area (Å²) < 4.78 is 7.36. The maximum atomic E-state index is 13.1. The third-order valence-corrected chi connectivity index (χ3v) is 6.70. The molecule has 0 saturated heterocycles. The molecule has 4 rings (SSSR count). The van der Waals surface area contributed by atoms with Gasteiger partial charge in [0.05, 0.1) is 15.2 Å². The van der Waals surface area contributed by atoms with Crippen LogP contribution in [0.4, 0.5) is 5.69 Å². The van der Waals surface area contributed by atoms with Crippen molar-refractivity contribution in [2.75, 3.05) is 5.32 Å². The van der Waals surface area contributed by atoms with Crippen LogP contribution >= 0.6 is 11.3 Å². The number of nitrogens with one attached hydrogen (secondary N) is 1. The maximum absolute atomic E-state index is 13.1. The lowest BCUT2D eigenvalue weighted by molar-refractivity contribution is -0.131. The van der Waals surface area contributed by atoms with Gasteiger partial charge in [-0.05, 0) is 75.9 Å². The molecule has 0 radical (unpaired) electrons. The Labute approximate surface area is 168 Å². The van der Waals surface area contributed by atoms with Crippen LogP contribution in [0.15, 0.2) is 18.2 Å². The number of carbonyl (C=O) groups is 1. The molecule has 2 heterocycles. The molecule has 1 aliphatic heterocycles. The average molecular weight is 397 g/mol. The summed E-state index contributed by atoms with van der Waals surface area (Å²) in [6.45, 7) is 9.50. The van der Waals surface area contributed by atoms with E-state index in [0.717, 1.165) is 43.2 Å². The van der Waals surface area contributed by atoms with E-state index >= 15 is 0 Å². The lowest BCUT2D eigenvalue weighted by Gasteiger charge is -2.36. The van der Waals surface area contributed by atoms with Crippen LogP contribution in [0.2, 0.25) is 0 Å². The lowest BCUT2D eigenvalue weighted by Crippen LogP contribution is -2.48. The number of hydrogen-bond acceptors (Lipinski definition) is 5. The number of amides is 1. The third kappa shape index (κ3) is 2.92. The van der Waals surface area contributed by atoms with Gasteiger partial charge in [0.2, 0.25) is 0 Å². The largest absolute Gasteiger partial charge is 0.507 e. The van der Waals surface area contributed by atoms with Crippen molar-refractivity contribution in [2.24, 2.45) is 0 Å². The minimum atomic E-state index is -0.972. The zero-order valence-electron chi connectivity index (χ0n) is 16.8. The van der Waals surface area contributed by atoms with Gasteiger partial charge in [0, 0.05) is 17.7 Å². The van der Waals surface area contributed by atoms with E-state index in [1.807, 2.05) is 52.8 Å². The number of fused-ring (bicyclic) bond motifs is 2. The predicted octanol–water partition coefficient (Wildman–Crippen LogP) is 4.96. The van der Waals surface area contributed by atoms with Crippen molar-refractivity contribution in [3.63, 3.8) is 0 Å². The number of benzene rings is 2. The molecule has 1 aromatic heterocycles. The summed E-state index contributed by atoms with van der Waals surface area (Å²) in [7, 11) is 0. The average Bonchev–Trinajstić information content (AvgIpc) is 3.03. The number of rotatable bonds is 2. The molecule has 1 aliphatic rings. The topological polar surface area (TPSA) is 71.5 Å². The van der Waals surface area contributed by atoms with Crippen molar-refractivity contribution in [1.29, 1.82) is 0 Å². The normalized spacial score (nSPS) is 18.6. The summed E-state index contributed by atoms with van der Waals surface area (Å²) in [6, 6.07) is 5.78. The Morgan fingerprint density at radius 3 is 2.71 bits per heavy atom. The molecule has 0 fully saturated rings. The van der Waals surface area contributed by atoms with Gasteiger partial charge in [-0.25, -0.2) is 4.98 Å². The molecule has 6 heteroatoms. The van der Waals surface area contributed by atoms with Crippen molar-refractivity contribution in [1.82, 2.24) is 4.98 Å². The van der Waals surface area contributed by atoms with Gasteiger partial charge in [-0.2, -0.15) is 0 Å².